The molecule has 1 N–H and O–H groups in total. The molecule has 6 heteroatoms. The fourth-order valence-corrected chi connectivity index (χ4v) is 3.57. The van der Waals surface area contributed by atoms with E-state index >= 15 is 0 Å². The van der Waals surface area contributed by atoms with E-state index in [1.165, 1.54) is 4.68 Å². The number of hydrogen-bond acceptors (Lipinski definition) is 3. The van der Waals surface area contributed by atoms with Gasteiger partial charge in [0.25, 0.3) is 0 Å². The highest BCUT2D eigenvalue weighted by Crippen LogP contribution is 2.19. The van der Waals surface area contributed by atoms with E-state index in [1.54, 1.807) is 4.40 Å². The molecule has 1 aliphatic rings. The second-order valence-electron chi connectivity index (χ2n) is 6.53. The Hall–Kier alpha value is -2.63. The van der Waals surface area contributed by atoms with E-state index in [2.05, 4.69) is 10.4 Å². The maximum Gasteiger partial charge on any atom is 0.351 e. The van der Waals surface area contributed by atoms with Crippen LogP contribution in [0.3, 0.4) is 0 Å². The largest absolute Gasteiger partial charge is 0.352 e. The zero-order valence-electron chi connectivity index (χ0n) is 13.7. The van der Waals surface area contributed by atoms with Gasteiger partial charge in [0.2, 0.25) is 5.91 Å². The van der Waals surface area contributed by atoms with Crippen LogP contribution in [0.4, 0.5) is 0 Å². The summed E-state index contributed by atoms with van der Waals surface area (Å²) in [7, 11) is 0. The molecule has 24 heavy (non-hydrogen) atoms. The number of carbonyl (C=O) groups excluding carboxylic acids is 1. The van der Waals surface area contributed by atoms with Crippen LogP contribution >= 0.6 is 0 Å². The van der Waals surface area contributed by atoms with Crippen LogP contribution in [0.1, 0.15) is 31.2 Å². The first kappa shape index (κ1) is 14.9. The maximum atomic E-state index is 12.8. The molecule has 124 valence electrons. The summed E-state index contributed by atoms with van der Waals surface area (Å²) < 4.78 is 2.85. The fraction of sp³-hybridized carbons (Fsp3) is 0.389. The third-order valence-electron chi connectivity index (χ3n) is 4.76. The molecule has 1 fully saturated rings. The Bertz CT molecular complexity index is 980. The van der Waals surface area contributed by atoms with Gasteiger partial charge in [0, 0.05) is 6.04 Å². The van der Waals surface area contributed by atoms with Gasteiger partial charge >= 0.3 is 5.69 Å². The highest BCUT2D eigenvalue weighted by Gasteiger charge is 2.19. The van der Waals surface area contributed by atoms with E-state index in [-0.39, 0.29) is 24.2 Å². The average Bonchev–Trinajstić information content (AvgIpc) is 3.17. The quantitative estimate of drug-likeness (QED) is 0.801. The van der Waals surface area contributed by atoms with E-state index in [1.807, 2.05) is 37.3 Å². The van der Waals surface area contributed by atoms with Crippen molar-refractivity contribution in [3.05, 3.63) is 46.4 Å². The van der Waals surface area contributed by atoms with Gasteiger partial charge in [0.1, 0.15) is 6.54 Å². The molecule has 2 heterocycles. The highest BCUT2D eigenvalue weighted by molar-refractivity contribution is 5.83. The molecule has 2 aromatic heterocycles. The van der Waals surface area contributed by atoms with Crippen molar-refractivity contribution in [1.82, 2.24) is 19.5 Å². The third kappa shape index (κ3) is 2.48. The Labute approximate surface area is 139 Å². The van der Waals surface area contributed by atoms with Gasteiger partial charge in [-0.15, -0.1) is 5.10 Å². The molecule has 0 aliphatic heterocycles. The number of rotatable bonds is 3. The monoisotopic (exact) mass is 324 g/mol. The molecule has 6 nitrogen and oxygen atoms in total. The highest BCUT2D eigenvalue weighted by atomic mass is 16.2. The van der Waals surface area contributed by atoms with Crippen LogP contribution in [0, 0.1) is 6.92 Å². The lowest BCUT2D eigenvalue weighted by Gasteiger charge is -2.11. The first-order valence-electron chi connectivity index (χ1n) is 8.41. The predicted octanol–water partition coefficient (Wildman–Crippen LogP) is 2.02. The van der Waals surface area contributed by atoms with Crippen LogP contribution in [0.25, 0.3) is 16.6 Å². The van der Waals surface area contributed by atoms with Crippen molar-refractivity contribution in [1.29, 1.82) is 0 Å². The molecule has 3 aromatic rings. The minimum absolute atomic E-state index is 0.0369. The number of para-hydroxylation sites is 1. The minimum Gasteiger partial charge on any atom is -0.352 e. The summed E-state index contributed by atoms with van der Waals surface area (Å²) >= 11 is 0. The molecule has 0 unspecified atom stereocenters. The van der Waals surface area contributed by atoms with E-state index in [4.69, 9.17) is 0 Å². The summed E-state index contributed by atoms with van der Waals surface area (Å²) in [5.41, 5.74) is 2.06. The lowest BCUT2D eigenvalue weighted by molar-refractivity contribution is -0.122. The molecule has 1 saturated carbocycles. The van der Waals surface area contributed by atoms with Crippen molar-refractivity contribution in [2.75, 3.05) is 0 Å². The van der Waals surface area contributed by atoms with Crippen molar-refractivity contribution in [2.24, 2.45) is 0 Å². The predicted molar refractivity (Wildman–Crippen MR) is 92.1 cm³/mol. The molecular formula is C18H20N4O2. The van der Waals surface area contributed by atoms with Crippen molar-refractivity contribution in [3.63, 3.8) is 0 Å². The van der Waals surface area contributed by atoms with Crippen LogP contribution in [0.5, 0.6) is 0 Å². The molecular weight excluding hydrogens is 304 g/mol. The summed E-state index contributed by atoms with van der Waals surface area (Å²) in [5.74, 6) is -0.144. The summed E-state index contributed by atoms with van der Waals surface area (Å²) in [6.45, 7) is 1.89. The number of benzene rings is 1. The summed E-state index contributed by atoms with van der Waals surface area (Å²) in [6.07, 6.45) is 4.36. The summed E-state index contributed by atoms with van der Waals surface area (Å²) in [4.78, 5) is 25.0. The van der Waals surface area contributed by atoms with Gasteiger partial charge in [0.15, 0.2) is 5.65 Å². The van der Waals surface area contributed by atoms with Gasteiger partial charge in [-0.25, -0.2) is 13.9 Å². The van der Waals surface area contributed by atoms with Gasteiger partial charge in [-0.3, -0.25) is 4.79 Å². The first-order chi connectivity index (χ1) is 11.6. The van der Waals surface area contributed by atoms with Crippen LogP contribution < -0.4 is 11.0 Å². The molecule has 1 aliphatic carbocycles. The Morgan fingerprint density at radius 2 is 2.04 bits per heavy atom. The second-order valence-corrected chi connectivity index (χ2v) is 6.53. The van der Waals surface area contributed by atoms with Gasteiger partial charge < -0.3 is 5.32 Å². The number of carbonyl (C=O) groups is 1. The van der Waals surface area contributed by atoms with Crippen molar-refractivity contribution in [2.45, 2.75) is 45.2 Å². The van der Waals surface area contributed by atoms with Crippen LogP contribution in [-0.2, 0) is 11.3 Å². The minimum atomic E-state index is -0.272. The van der Waals surface area contributed by atoms with Crippen LogP contribution in [0.15, 0.2) is 35.1 Å². The standard InChI is InChI=1S/C18H20N4O2/c1-12-10-13-6-2-5-9-15(13)22-17(12)20-21(18(22)24)11-16(23)19-14-7-3-4-8-14/h2,5-6,9-10,14H,3-4,7-8,11H2,1H3,(H,19,23). The number of aromatic nitrogens is 3. The molecule has 1 aromatic carbocycles. The zero-order valence-corrected chi connectivity index (χ0v) is 13.7. The first-order valence-corrected chi connectivity index (χ1v) is 8.41. The lowest BCUT2D eigenvalue weighted by atomic mass is 10.1. The summed E-state index contributed by atoms with van der Waals surface area (Å²) in [5, 5.41) is 8.37. The lowest BCUT2D eigenvalue weighted by Crippen LogP contribution is -2.37. The SMILES string of the molecule is Cc1cc2ccccc2n2c(=O)n(CC(=O)NC3CCCC3)nc12. The Morgan fingerprint density at radius 1 is 1.29 bits per heavy atom. The number of aryl methyl sites for hydroxylation is 1. The molecule has 0 spiro atoms. The van der Waals surface area contributed by atoms with E-state index in [0.717, 1.165) is 42.1 Å². The summed E-state index contributed by atoms with van der Waals surface area (Å²) in [6, 6.07) is 9.96. The molecule has 4 rings (SSSR count). The number of amides is 1. The van der Waals surface area contributed by atoms with Crippen molar-refractivity contribution >= 4 is 22.5 Å². The topological polar surface area (TPSA) is 68.4 Å². The molecule has 0 atom stereocenters. The molecule has 0 bridgehead atoms. The maximum absolute atomic E-state index is 12.8. The van der Waals surface area contributed by atoms with Gasteiger partial charge in [-0.2, -0.15) is 0 Å². The van der Waals surface area contributed by atoms with Crippen LogP contribution in [0.2, 0.25) is 0 Å². The van der Waals surface area contributed by atoms with E-state index < -0.39 is 0 Å². The average molecular weight is 324 g/mol. The molecule has 1 amide bonds. The van der Waals surface area contributed by atoms with E-state index in [0.29, 0.717) is 5.65 Å². The Morgan fingerprint density at radius 3 is 2.83 bits per heavy atom. The Kier molecular flexibility index (Phi) is 3.59. The third-order valence-corrected chi connectivity index (χ3v) is 4.76. The van der Waals surface area contributed by atoms with Gasteiger partial charge in [-0.05, 0) is 42.8 Å². The number of pyridine rings is 1. The number of fused-ring (bicyclic) bond motifs is 3. The van der Waals surface area contributed by atoms with Crippen LogP contribution in [-0.4, -0.2) is 26.1 Å². The van der Waals surface area contributed by atoms with Gasteiger partial charge in [-0.1, -0.05) is 31.0 Å². The fourth-order valence-electron chi connectivity index (χ4n) is 3.57. The van der Waals surface area contributed by atoms with Gasteiger partial charge in [0.05, 0.1) is 5.52 Å². The normalized spacial score (nSPS) is 15.4. The second kappa shape index (κ2) is 5.78. The molecule has 0 radical (unpaired) electrons. The van der Waals surface area contributed by atoms with E-state index in [9.17, 15) is 9.59 Å². The Balaban J connectivity index is 1.73. The number of nitrogens with one attached hydrogen (secondary N) is 1. The smallest absolute Gasteiger partial charge is 0.351 e. The van der Waals surface area contributed by atoms with Crippen molar-refractivity contribution in [3.8, 4) is 0 Å². The van der Waals surface area contributed by atoms with Crippen molar-refractivity contribution < 1.29 is 4.79 Å². The number of nitrogens with zero attached hydrogens (tertiary/aromatic N) is 3. The number of hydrogen-bond donors (Lipinski definition) is 1. The molecule has 0 saturated heterocycles. The zero-order chi connectivity index (χ0) is 16.7.